The summed E-state index contributed by atoms with van der Waals surface area (Å²) in [4.78, 5) is 2.52. The van der Waals surface area contributed by atoms with Crippen LogP contribution in [-0.4, -0.2) is 0 Å². The summed E-state index contributed by atoms with van der Waals surface area (Å²) in [7, 11) is 0. The topological polar surface area (TPSA) is 3.24 Å². The third-order valence-corrected chi connectivity index (χ3v) is 16.2. The normalized spacial score (nSPS) is 13.8. The molecule has 0 atom stereocenters. The van der Waals surface area contributed by atoms with Crippen molar-refractivity contribution in [2.24, 2.45) is 0 Å². The summed E-state index contributed by atoms with van der Waals surface area (Å²) in [5.41, 5.74) is 24.4. The Morgan fingerprint density at radius 3 is 1.55 bits per heavy atom. The van der Waals surface area contributed by atoms with Gasteiger partial charge in [0, 0.05) is 22.4 Å². The van der Waals surface area contributed by atoms with Crippen molar-refractivity contribution in [1.29, 1.82) is 0 Å². The van der Waals surface area contributed by atoms with Crippen molar-refractivity contribution >= 4 is 27.8 Å². The molecule has 1 heteroatoms. The van der Waals surface area contributed by atoms with E-state index in [1.54, 1.807) is 0 Å². The lowest BCUT2D eigenvalue weighted by Gasteiger charge is -2.34. The highest BCUT2D eigenvalue weighted by Gasteiger charge is 2.46. The van der Waals surface area contributed by atoms with E-state index in [2.05, 4.69) is 294 Å². The van der Waals surface area contributed by atoms with E-state index < -0.39 is 5.41 Å². The smallest absolute Gasteiger partial charge is 0.0713 e. The zero-order valence-electron chi connectivity index (χ0n) is 42.2. The molecule has 0 radical (unpaired) electrons. The van der Waals surface area contributed by atoms with Crippen LogP contribution in [0.3, 0.4) is 0 Å². The van der Waals surface area contributed by atoms with Crippen LogP contribution in [0.25, 0.3) is 66.4 Å². The van der Waals surface area contributed by atoms with Crippen LogP contribution in [0.15, 0.2) is 255 Å². The number of fused-ring (bicyclic) bond motifs is 7. The van der Waals surface area contributed by atoms with Crippen molar-refractivity contribution in [2.45, 2.75) is 50.9 Å². The average molecular weight is 936 g/mol. The molecule has 0 fully saturated rings. The van der Waals surface area contributed by atoms with Crippen LogP contribution in [0.5, 0.6) is 0 Å². The standard InChI is InChI=1S/C72H57N/c1-70(2,3)51-40-35-48(36-41-51)49-37-42-54(43-38-49)73(55-44-45-65-62(47-55)58-28-16-19-33-64(58)72(65,52-22-8-6-9-23-52)53-24-10-7-11-25-53)67-46-39-50-21-12-13-26-56(50)69(67)60-29-15-14-27-57(60)59-31-20-34-66-68(59)61-30-17-18-32-63(61)71(66,4)5/h6-47H,1-5H3. The summed E-state index contributed by atoms with van der Waals surface area (Å²) >= 11 is 0. The monoisotopic (exact) mass is 935 g/mol. The van der Waals surface area contributed by atoms with Gasteiger partial charge in [-0.15, -0.1) is 0 Å². The first-order valence-electron chi connectivity index (χ1n) is 25.8. The molecule has 13 rings (SSSR count). The van der Waals surface area contributed by atoms with Crippen LogP contribution in [0, 0.1) is 0 Å². The summed E-state index contributed by atoms with van der Waals surface area (Å²) in [5.74, 6) is 0. The lowest BCUT2D eigenvalue weighted by Crippen LogP contribution is -2.28. The van der Waals surface area contributed by atoms with E-state index in [-0.39, 0.29) is 10.8 Å². The molecule has 350 valence electrons. The SMILES string of the molecule is CC(C)(C)c1ccc(-c2ccc(N(c3ccc4c(c3)-c3ccccc3C4(c3ccccc3)c3ccccc3)c3ccc4ccccc4c3-c3ccccc3-c3cccc4c3-c3ccccc3C4(C)C)cc2)cc1. The maximum atomic E-state index is 2.52. The Labute approximate surface area is 430 Å². The highest BCUT2D eigenvalue weighted by Crippen LogP contribution is 2.59. The lowest BCUT2D eigenvalue weighted by atomic mass is 9.68. The summed E-state index contributed by atoms with van der Waals surface area (Å²) in [6.07, 6.45) is 0. The highest BCUT2D eigenvalue weighted by atomic mass is 15.1. The molecule has 0 aromatic heterocycles. The second kappa shape index (κ2) is 17.1. The van der Waals surface area contributed by atoms with Crippen molar-refractivity contribution in [1.82, 2.24) is 0 Å². The molecule has 0 N–H and O–H groups in total. The zero-order valence-corrected chi connectivity index (χ0v) is 42.2. The number of benzene rings is 11. The number of nitrogens with zero attached hydrogens (tertiary/aromatic N) is 1. The van der Waals surface area contributed by atoms with Gasteiger partial charge in [0.2, 0.25) is 0 Å². The molecule has 11 aromatic carbocycles. The molecular formula is C72H57N. The molecule has 0 unspecified atom stereocenters. The van der Waals surface area contributed by atoms with E-state index in [9.17, 15) is 0 Å². The minimum atomic E-state index is -0.502. The number of hydrogen-bond acceptors (Lipinski definition) is 1. The lowest BCUT2D eigenvalue weighted by molar-refractivity contribution is 0.590. The molecule has 0 saturated carbocycles. The summed E-state index contributed by atoms with van der Waals surface area (Å²) < 4.78 is 0. The number of rotatable bonds is 8. The van der Waals surface area contributed by atoms with Crippen LogP contribution in [-0.2, 0) is 16.2 Å². The molecule has 73 heavy (non-hydrogen) atoms. The molecule has 0 saturated heterocycles. The number of hydrogen-bond donors (Lipinski definition) is 0. The van der Waals surface area contributed by atoms with Gasteiger partial charge in [-0.05, 0) is 136 Å². The minimum Gasteiger partial charge on any atom is -0.310 e. The molecule has 2 aliphatic rings. The van der Waals surface area contributed by atoms with Gasteiger partial charge in [-0.2, -0.15) is 0 Å². The maximum Gasteiger partial charge on any atom is 0.0713 e. The Bertz CT molecular complexity index is 3850. The fourth-order valence-corrected chi connectivity index (χ4v) is 12.6. The maximum absolute atomic E-state index is 2.52. The van der Waals surface area contributed by atoms with Crippen LogP contribution in [0.4, 0.5) is 17.1 Å². The Kier molecular flexibility index (Phi) is 10.4. The summed E-state index contributed by atoms with van der Waals surface area (Å²) in [6, 6.07) is 95.6. The molecule has 0 spiro atoms. The molecule has 1 nitrogen and oxygen atoms in total. The third-order valence-electron chi connectivity index (χ3n) is 16.2. The van der Waals surface area contributed by atoms with Gasteiger partial charge in [-0.3, -0.25) is 0 Å². The molecule has 0 aliphatic heterocycles. The van der Waals surface area contributed by atoms with Gasteiger partial charge in [0.15, 0.2) is 0 Å². The van der Waals surface area contributed by atoms with Crippen LogP contribution >= 0.6 is 0 Å². The summed E-state index contributed by atoms with van der Waals surface area (Å²) in [5, 5.41) is 2.41. The Balaban J connectivity index is 1.07. The molecule has 0 amide bonds. The third kappa shape index (κ3) is 6.97. The van der Waals surface area contributed by atoms with Crippen molar-refractivity contribution in [3.63, 3.8) is 0 Å². The predicted octanol–water partition coefficient (Wildman–Crippen LogP) is 19.3. The molecule has 0 heterocycles. The first kappa shape index (κ1) is 44.4. The van der Waals surface area contributed by atoms with Crippen LogP contribution in [0.1, 0.15) is 73.6 Å². The Morgan fingerprint density at radius 1 is 0.342 bits per heavy atom. The first-order valence-corrected chi connectivity index (χ1v) is 25.8. The van der Waals surface area contributed by atoms with E-state index in [1.807, 2.05) is 0 Å². The average Bonchev–Trinajstić information content (AvgIpc) is 3.87. The van der Waals surface area contributed by atoms with Gasteiger partial charge in [-0.25, -0.2) is 0 Å². The van der Waals surface area contributed by atoms with Crippen molar-refractivity contribution in [3.8, 4) is 55.6 Å². The fourth-order valence-electron chi connectivity index (χ4n) is 12.6. The Morgan fingerprint density at radius 2 is 0.863 bits per heavy atom. The quantitative estimate of drug-likeness (QED) is 0.147. The van der Waals surface area contributed by atoms with Gasteiger partial charge in [0.05, 0.1) is 11.1 Å². The molecule has 0 bridgehead atoms. The molecule has 2 aliphatic carbocycles. The van der Waals surface area contributed by atoms with Gasteiger partial charge in [-0.1, -0.05) is 259 Å². The van der Waals surface area contributed by atoms with Gasteiger partial charge >= 0.3 is 0 Å². The highest BCUT2D eigenvalue weighted by molar-refractivity contribution is 6.10. The second-order valence-corrected chi connectivity index (χ2v) is 21.6. The number of anilines is 3. The predicted molar refractivity (Wildman–Crippen MR) is 309 cm³/mol. The van der Waals surface area contributed by atoms with Gasteiger partial charge in [0.25, 0.3) is 0 Å². The van der Waals surface area contributed by atoms with Gasteiger partial charge in [0.1, 0.15) is 0 Å². The Hall–Kier alpha value is -8.52. The van der Waals surface area contributed by atoms with E-state index in [1.165, 1.54) is 105 Å². The largest absolute Gasteiger partial charge is 0.310 e. The first-order chi connectivity index (χ1) is 35.6. The van der Waals surface area contributed by atoms with Crippen molar-refractivity contribution in [3.05, 3.63) is 294 Å². The molecular weight excluding hydrogens is 879 g/mol. The van der Waals surface area contributed by atoms with Gasteiger partial charge < -0.3 is 4.90 Å². The van der Waals surface area contributed by atoms with E-state index in [0.717, 1.165) is 17.1 Å². The summed E-state index contributed by atoms with van der Waals surface area (Å²) in [6.45, 7) is 11.6. The van der Waals surface area contributed by atoms with E-state index in [0.29, 0.717) is 0 Å². The van der Waals surface area contributed by atoms with E-state index in [4.69, 9.17) is 0 Å². The zero-order chi connectivity index (χ0) is 49.5. The van der Waals surface area contributed by atoms with Crippen LogP contribution < -0.4 is 4.90 Å². The fraction of sp³-hybridized carbons (Fsp3) is 0.111. The second-order valence-electron chi connectivity index (χ2n) is 21.6. The minimum absolute atomic E-state index is 0.0823. The van der Waals surface area contributed by atoms with Crippen molar-refractivity contribution < 1.29 is 0 Å². The van der Waals surface area contributed by atoms with E-state index >= 15 is 0 Å². The molecule has 11 aromatic rings. The van der Waals surface area contributed by atoms with Crippen LogP contribution in [0.2, 0.25) is 0 Å². The van der Waals surface area contributed by atoms with Crippen molar-refractivity contribution in [2.75, 3.05) is 4.90 Å².